The lowest BCUT2D eigenvalue weighted by molar-refractivity contribution is -0.123. The van der Waals surface area contributed by atoms with Gasteiger partial charge < -0.3 is 15.2 Å². The number of allylic oxidation sites excluding steroid dienone is 1. The van der Waals surface area contributed by atoms with Crippen LogP contribution in [0.2, 0.25) is 0 Å². The molecule has 3 rings (SSSR count). The van der Waals surface area contributed by atoms with E-state index >= 15 is 0 Å². The minimum Gasteiger partial charge on any atom is -0.390 e. The highest BCUT2D eigenvalue weighted by Crippen LogP contribution is 2.48. The molecule has 0 saturated carbocycles. The highest BCUT2D eigenvalue weighted by molar-refractivity contribution is 5.85. The number of fused-ring (bicyclic) bond motifs is 1. The van der Waals surface area contributed by atoms with Gasteiger partial charge >= 0.3 is 0 Å². The van der Waals surface area contributed by atoms with Crippen LogP contribution in [0.3, 0.4) is 0 Å². The molecular formula is C15H23NO3. The van der Waals surface area contributed by atoms with Gasteiger partial charge in [0.1, 0.15) is 5.60 Å². The zero-order chi connectivity index (χ0) is 13.7. The van der Waals surface area contributed by atoms with Gasteiger partial charge in [0, 0.05) is 12.5 Å². The normalized spacial score (nSPS) is 47.0. The predicted molar refractivity (Wildman–Crippen MR) is 71.5 cm³/mol. The molecule has 2 heterocycles. The monoisotopic (exact) mass is 265 g/mol. The summed E-state index contributed by atoms with van der Waals surface area (Å²) in [6.07, 6.45) is 7.55. The van der Waals surface area contributed by atoms with Crippen LogP contribution < -0.4 is 5.32 Å². The Balaban J connectivity index is 1.91. The molecule has 4 nitrogen and oxygen atoms in total. The molecule has 0 aromatic rings. The van der Waals surface area contributed by atoms with Crippen LogP contribution in [0.4, 0.5) is 0 Å². The SMILES string of the molecule is C[C@]12OCC[C@H]1C(=O)N[C@]2(C)[C@@H](O)[C@@H]1C=CCCC1. The maximum atomic E-state index is 12.1. The highest BCUT2D eigenvalue weighted by atomic mass is 16.5. The van der Waals surface area contributed by atoms with Gasteiger partial charge in [-0.05, 0) is 39.5 Å². The van der Waals surface area contributed by atoms with Crippen molar-refractivity contribution >= 4 is 5.91 Å². The summed E-state index contributed by atoms with van der Waals surface area (Å²) in [5.41, 5.74) is -1.29. The van der Waals surface area contributed by atoms with E-state index in [1.165, 1.54) is 0 Å². The fourth-order valence-corrected chi connectivity index (χ4v) is 4.02. The van der Waals surface area contributed by atoms with Crippen molar-refractivity contribution in [1.82, 2.24) is 5.32 Å². The first-order valence-corrected chi connectivity index (χ1v) is 7.30. The van der Waals surface area contributed by atoms with E-state index in [9.17, 15) is 9.90 Å². The van der Waals surface area contributed by atoms with Crippen LogP contribution >= 0.6 is 0 Å². The van der Waals surface area contributed by atoms with Gasteiger partial charge in [-0.25, -0.2) is 0 Å². The summed E-state index contributed by atoms with van der Waals surface area (Å²) in [6, 6.07) is 0. The Labute approximate surface area is 114 Å². The number of carbonyl (C=O) groups excluding carboxylic acids is 1. The number of rotatable bonds is 2. The average molecular weight is 265 g/mol. The van der Waals surface area contributed by atoms with Crippen molar-refractivity contribution in [1.29, 1.82) is 0 Å². The molecule has 2 fully saturated rings. The Kier molecular flexibility index (Phi) is 2.98. The molecular weight excluding hydrogens is 242 g/mol. The largest absolute Gasteiger partial charge is 0.390 e. The third-order valence-corrected chi connectivity index (χ3v) is 5.49. The number of ether oxygens (including phenoxy) is 1. The van der Waals surface area contributed by atoms with Gasteiger partial charge in [-0.15, -0.1) is 0 Å². The number of hydrogen-bond acceptors (Lipinski definition) is 3. The zero-order valence-corrected chi connectivity index (χ0v) is 11.7. The van der Waals surface area contributed by atoms with Gasteiger partial charge in [0.15, 0.2) is 0 Å². The summed E-state index contributed by atoms with van der Waals surface area (Å²) in [4.78, 5) is 12.1. The first-order valence-electron chi connectivity index (χ1n) is 7.30. The fraction of sp³-hybridized carbons (Fsp3) is 0.800. The van der Waals surface area contributed by atoms with Crippen molar-refractivity contribution in [2.45, 2.75) is 56.8 Å². The van der Waals surface area contributed by atoms with Crippen molar-refractivity contribution in [3.05, 3.63) is 12.2 Å². The lowest BCUT2D eigenvalue weighted by atomic mass is 9.70. The van der Waals surface area contributed by atoms with Crippen LogP contribution in [0.25, 0.3) is 0 Å². The molecule has 19 heavy (non-hydrogen) atoms. The molecule has 0 spiro atoms. The lowest BCUT2D eigenvalue weighted by Crippen LogP contribution is -2.63. The highest BCUT2D eigenvalue weighted by Gasteiger charge is 2.65. The lowest BCUT2D eigenvalue weighted by Gasteiger charge is -2.44. The summed E-state index contributed by atoms with van der Waals surface area (Å²) in [5, 5.41) is 13.8. The molecule has 0 unspecified atom stereocenters. The second-order valence-electron chi connectivity index (χ2n) is 6.46. The molecule has 3 aliphatic rings. The summed E-state index contributed by atoms with van der Waals surface area (Å²) < 4.78 is 5.89. The van der Waals surface area contributed by atoms with Gasteiger partial charge in [-0.3, -0.25) is 4.79 Å². The minimum atomic E-state index is -0.697. The Morgan fingerprint density at radius 2 is 2.26 bits per heavy atom. The summed E-state index contributed by atoms with van der Waals surface area (Å²) in [6.45, 7) is 4.51. The quantitative estimate of drug-likeness (QED) is 0.742. The molecule has 2 saturated heterocycles. The summed E-state index contributed by atoms with van der Waals surface area (Å²) in [7, 11) is 0. The second kappa shape index (κ2) is 4.32. The predicted octanol–water partition coefficient (Wildman–Crippen LogP) is 1.39. The van der Waals surface area contributed by atoms with E-state index < -0.39 is 17.2 Å². The van der Waals surface area contributed by atoms with E-state index in [4.69, 9.17) is 4.74 Å². The molecule has 106 valence electrons. The molecule has 2 aliphatic heterocycles. The molecule has 4 heteroatoms. The van der Waals surface area contributed by atoms with Crippen LogP contribution in [-0.2, 0) is 9.53 Å². The van der Waals surface area contributed by atoms with Crippen molar-refractivity contribution in [3.63, 3.8) is 0 Å². The van der Waals surface area contributed by atoms with E-state index in [1.807, 2.05) is 13.8 Å². The number of aliphatic hydroxyl groups is 1. The number of carbonyl (C=O) groups is 1. The Bertz CT molecular complexity index is 422. The standard InChI is InChI=1S/C15H23NO3/c1-14(12(17)10-6-4-3-5-7-10)15(2)11(8-9-19-15)13(18)16-14/h4,6,10-12,17H,3,5,7-9H2,1-2H3,(H,16,18)/t10-,11+,12+,14-,15+/m1/s1. The topological polar surface area (TPSA) is 58.6 Å². The first-order chi connectivity index (χ1) is 8.99. The maximum Gasteiger partial charge on any atom is 0.226 e. The molecule has 5 atom stereocenters. The van der Waals surface area contributed by atoms with Gasteiger partial charge in [0.05, 0.1) is 17.6 Å². The Morgan fingerprint density at radius 1 is 1.47 bits per heavy atom. The second-order valence-corrected chi connectivity index (χ2v) is 6.46. The number of hydrogen-bond donors (Lipinski definition) is 2. The minimum absolute atomic E-state index is 0.0290. The Hall–Kier alpha value is -0.870. The van der Waals surface area contributed by atoms with E-state index in [0.29, 0.717) is 6.61 Å². The van der Waals surface area contributed by atoms with E-state index in [2.05, 4.69) is 17.5 Å². The molecule has 2 N–H and O–H groups in total. The molecule has 1 aliphatic carbocycles. The molecule has 0 radical (unpaired) electrons. The molecule has 0 aromatic heterocycles. The van der Waals surface area contributed by atoms with Gasteiger partial charge in [0.25, 0.3) is 0 Å². The summed E-state index contributed by atoms with van der Waals surface area (Å²) in [5.74, 6) is 0.0138. The molecule has 0 bridgehead atoms. The fourth-order valence-electron chi connectivity index (χ4n) is 4.02. The van der Waals surface area contributed by atoms with Crippen molar-refractivity contribution in [2.75, 3.05) is 6.61 Å². The average Bonchev–Trinajstić information content (AvgIpc) is 2.89. The van der Waals surface area contributed by atoms with E-state index in [0.717, 1.165) is 25.7 Å². The Morgan fingerprint density at radius 3 is 2.95 bits per heavy atom. The smallest absolute Gasteiger partial charge is 0.226 e. The van der Waals surface area contributed by atoms with Gasteiger partial charge in [0.2, 0.25) is 5.91 Å². The van der Waals surface area contributed by atoms with Crippen LogP contribution in [0.1, 0.15) is 39.5 Å². The third kappa shape index (κ3) is 1.69. The zero-order valence-electron chi connectivity index (χ0n) is 11.7. The van der Waals surface area contributed by atoms with Gasteiger partial charge in [-0.1, -0.05) is 12.2 Å². The maximum absolute atomic E-state index is 12.1. The van der Waals surface area contributed by atoms with Gasteiger partial charge in [-0.2, -0.15) is 0 Å². The van der Waals surface area contributed by atoms with Crippen LogP contribution in [0.5, 0.6) is 0 Å². The number of aliphatic hydroxyl groups excluding tert-OH is 1. The van der Waals surface area contributed by atoms with Crippen molar-refractivity contribution < 1.29 is 14.6 Å². The van der Waals surface area contributed by atoms with Crippen LogP contribution in [0, 0.1) is 11.8 Å². The third-order valence-electron chi connectivity index (χ3n) is 5.49. The summed E-state index contributed by atoms with van der Waals surface area (Å²) >= 11 is 0. The van der Waals surface area contributed by atoms with E-state index in [-0.39, 0.29) is 17.7 Å². The van der Waals surface area contributed by atoms with Crippen LogP contribution in [-0.4, -0.2) is 34.9 Å². The first kappa shape index (κ1) is 13.1. The van der Waals surface area contributed by atoms with Crippen molar-refractivity contribution in [2.24, 2.45) is 11.8 Å². The number of nitrogens with one attached hydrogen (secondary N) is 1. The molecule has 1 amide bonds. The van der Waals surface area contributed by atoms with Crippen molar-refractivity contribution in [3.8, 4) is 0 Å². The van der Waals surface area contributed by atoms with Crippen LogP contribution in [0.15, 0.2) is 12.2 Å². The van der Waals surface area contributed by atoms with E-state index in [1.54, 1.807) is 0 Å². The molecule has 0 aromatic carbocycles. The number of amides is 1.